The highest BCUT2D eigenvalue weighted by Gasteiger charge is 2.53. The molecule has 0 aromatic rings. The van der Waals surface area contributed by atoms with E-state index in [0.717, 1.165) is 0 Å². The number of methoxy groups -OCH3 is 1. The van der Waals surface area contributed by atoms with Crippen LogP contribution >= 0.6 is 0 Å². The van der Waals surface area contributed by atoms with Gasteiger partial charge >= 0.3 is 6.18 Å². The molecule has 0 aromatic heterocycles. The molecule has 5 nitrogen and oxygen atoms in total. The van der Waals surface area contributed by atoms with E-state index < -0.39 is 35.6 Å². The molecule has 0 N–H and O–H groups in total. The van der Waals surface area contributed by atoms with E-state index in [9.17, 15) is 18.0 Å². The highest BCUT2D eigenvalue weighted by Crippen LogP contribution is 2.46. The van der Waals surface area contributed by atoms with Gasteiger partial charge in [-0.25, -0.2) is 0 Å². The van der Waals surface area contributed by atoms with Gasteiger partial charge in [0.1, 0.15) is 26.7 Å². The lowest BCUT2D eigenvalue weighted by molar-refractivity contribution is -0.179. The molecule has 1 saturated heterocycles. The Morgan fingerprint density at radius 2 is 1.96 bits per heavy atom. The predicted molar refractivity (Wildman–Crippen MR) is 85.8 cm³/mol. The van der Waals surface area contributed by atoms with Crippen LogP contribution in [0.5, 0.6) is 0 Å². The molecule has 0 amide bonds. The molecule has 4 radical (unpaired) electrons. The number of ether oxygens (including phenoxy) is 4. The lowest BCUT2D eigenvalue weighted by atomic mass is 9.65. The smallest absolute Gasteiger partial charge is 0.377 e. The minimum Gasteiger partial charge on any atom is -0.377 e. The number of epoxide rings is 1. The van der Waals surface area contributed by atoms with Gasteiger partial charge in [0, 0.05) is 7.11 Å². The lowest BCUT2D eigenvalue weighted by Gasteiger charge is -2.35. The second kappa shape index (κ2) is 8.70. The first kappa shape index (κ1) is 22.2. The molecule has 10 heteroatoms. The van der Waals surface area contributed by atoms with Gasteiger partial charge in [0.15, 0.2) is 5.78 Å². The third kappa shape index (κ3) is 7.13. The number of carbonyl (C=O) groups excluding carboxylic acids is 1. The SMILES string of the molecule is [B]/C(=C/[C@@]1([C@H]([B])C(C)(C)OCCOCC(F)(F)F)CO1)C(=O)COC. The van der Waals surface area contributed by atoms with Gasteiger partial charge in [0.25, 0.3) is 0 Å². The normalized spacial score (nSPS) is 22.7. The number of halogens is 3. The summed E-state index contributed by atoms with van der Waals surface area (Å²) in [6, 6.07) is 0. The van der Waals surface area contributed by atoms with Crippen LogP contribution in [0.1, 0.15) is 13.8 Å². The van der Waals surface area contributed by atoms with Gasteiger partial charge in [0.2, 0.25) is 0 Å². The first-order chi connectivity index (χ1) is 11.4. The summed E-state index contributed by atoms with van der Waals surface area (Å²) in [5.41, 5.74) is -1.93. The molecular formula is C15H21B2F3O5. The average molecular weight is 360 g/mol. The van der Waals surface area contributed by atoms with Crippen LogP contribution in [0.4, 0.5) is 13.2 Å². The van der Waals surface area contributed by atoms with E-state index in [4.69, 9.17) is 29.9 Å². The van der Waals surface area contributed by atoms with E-state index in [1.807, 2.05) is 0 Å². The number of carbonyl (C=O) groups is 1. The van der Waals surface area contributed by atoms with Crippen LogP contribution < -0.4 is 0 Å². The summed E-state index contributed by atoms with van der Waals surface area (Å²) in [5.74, 6) is -1.10. The molecule has 0 aromatic carbocycles. The summed E-state index contributed by atoms with van der Waals surface area (Å²) in [6.45, 7) is 1.80. The van der Waals surface area contributed by atoms with Crippen molar-refractivity contribution in [3.05, 3.63) is 11.5 Å². The molecule has 0 bridgehead atoms. The summed E-state index contributed by atoms with van der Waals surface area (Å²) in [7, 11) is 13.3. The first-order valence-corrected chi connectivity index (χ1v) is 7.62. The van der Waals surface area contributed by atoms with Gasteiger partial charge in [-0.1, -0.05) is 11.5 Å². The van der Waals surface area contributed by atoms with Crippen LogP contribution in [0, 0.1) is 0 Å². The maximum atomic E-state index is 12.0. The van der Waals surface area contributed by atoms with Crippen molar-refractivity contribution in [1.29, 1.82) is 0 Å². The monoisotopic (exact) mass is 360 g/mol. The fourth-order valence-electron chi connectivity index (χ4n) is 2.22. The Hall–Kier alpha value is -0.830. The number of Topliss-reactive ketones (excluding diaryl/α,β-unsaturated/α-hetero) is 1. The van der Waals surface area contributed by atoms with Crippen LogP contribution in [0.2, 0.25) is 5.82 Å². The van der Waals surface area contributed by atoms with Crippen LogP contribution in [-0.2, 0) is 23.7 Å². The molecule has 1 rings (SSSR count). The second-order valence-electron chi connectivity index (χ2n) is 6.30. The molecule has 0 saturated carbocycles. The van der Waals surface area contributed by atoms with E-state index >= 15 is 0 Å². The van der Waals surface area contributed by atoms with Crippen molar-refractivity contribution in [3.8, 4) is 0 Å². The third-order valence-electron chi connectivity index (χ3n) is 3.72. The molecule has 0 spiro atoms. The van der Waals surface area contributed by atoms with Crippen molar-refractivity contribution in [2.75, 3.05) is 40.1 Å². The molecule has 2 atom stereocenters. The largest absolute Gasteiger partial charge is 0.411 e. The Morgan fingerprint density at radius 1 is 1.36 bits per heavy atom. The van der Waals surface area contributed by atoms with Crippen LogP contribution in [-0.4, -0.2) is 79.0 Å². The average Bonchev–Trinajstić information content (AvgIpc) is 3.25. The summed E-state index contributed by atoms with van der Waals surface area (Å²) >= 11 is 0. The minimum atomic E-state index is -4.38. The Balaban J connectivity index is 2.57. The quantitative estimate of drug-likeness (QED) is 0.241. The molecule has 0 aliphatic carbocycles. The van der Waals surface area contributed by atoms with Crippen molar-refractivity contribution in [1.82, 2.24) is 0 Å². The fraction of sp³-hybridized carbons (Fsp3) is 0.800. The highest BCUT2D eigenvalue weighted by molar-refractivity contribution is 6.37. The van der Waals surface area contributed by atoms with Crippen LogP contribution in [0.25, 0.3) is 0 Å². The number of hydrogen-bond donors (Lipinski definition) is 0. The van der Waals surface area contributed by atoms with Gasteiger partial charge in [-0.3, -0.25) is 4.79 Å². The summed E-state index contributed by atoms with van der Waals surface area (Å²) in [6.07, 6.45) is -2.95. The zero-order valence-electron chi connectivity index (χ0n) is 14.5. The topological polar surface area (TPSA) is 57.3 Å². The Morgan fingerprint density at radius 3 is 2.44 bits per heavy atom. The van der Waals surface area contributed by atoms with Gasteiger partial charge < -0.3 is 18.9 Å². The minimum absolute atomic E-state index is 0.0286. The maximum Gasteiger partial charge on any atom is 0.411 e. The first-order valence-electron chi connectivity index (χ1n) is 7.62. The summed E-state index contributed by atoms with van der Waals surface area (Å²) < 4.78 is 56.1. The zero-order chi connectivity index (χ0) is 19.3. The van der Waals surface area contributed by atoms with Gasteiger partial charge in [-0.05, 0) is 19.7 Å². The Labute approximate surface area is 148 Å². The van der Waals surface area contributed by atoms with Gasteiger partial charge in [-0.15, -0.1) is 0 Å². The molecule has 0 unspecified atom stereocenters. The van der Waals surface area contributed by atoms with E-state index in [1.165, 1.54) is 13.2 Å². The lowest BCUT2D eigenvalue weighted by Crippen LogP contribution is -2.40. The maximum absolute atomic E-state index is 12.0. The molecule has 1 aliphatic heterocycles. The van der Waals surface area contributed by atoms with E-state index in [-0.39, 0.29) is 31.9 Å². The Bertz CT molecular complexity index is 490. The van der Waals surface area contributed by atoms with Crippen molar-refractivity contribution < 1.29 is 36.9 Å². The zero-order valence-corrected chi connectivity index (χ0v) is 14.5. The molecule has 1 heterocycles. The van der Waals surface area contributed by atoms with Gasteiger partial charge in [0.05, 0.1) is 33.3 Å². The molecule has 138 valence electrons. The predicted octanol–water partition coefficient (Wildman–Crippen LogP) is 1.35. The van der Waals surface area contributed by atoms with Crippen LogP contribution in [0.3, 0.4) is 0 Å². The number of ketones is 1. The van der Waals surface area contributed by atoms with E-state index in [0.29, 0.717) is 0 Å². The van der Waals surface area contributed by atoms with Crippen molar-refractivity contribution in [2.24, 2.45) is 0 Å². The molecule has 1 fully saturated rings. The second-order valence-corrected chi connectivity index (χ2v) is 6.30. The molecule has 1 aliphatic rings. The van der Waals surface area contributed by atoms with Gasteiger partial charge in [-0.2, -0.15) is 13.2 Å². The molecule has 25 heavy (non-hydrogen) atoms. The standard InChI is InChI=1S/C15H21B2F3O5/c1-13(2,24-5-4-23-9-15(18,19)20)12(17)14(8-25-14)6-10(16)11(21)7-22-3/h6,12H,4-5,7-9H2,1-3H3/b10-6+/t12-,14+/m1/s1. The van der Waals surface area contributed by atoms with E-state index in [2.05, 4.69) is 4.74 Å². The van der Waals surface area contributed by atoms with Crippen molar-refractivity contribution in [3.63, 3.8) is 0 Å². The molecular weight excluding hydrogens is 339 g/mol. The Kier molecular flexibility index (Phi) is 7.73. The highest BCUT2D eigenvalue weighted by atomic mass is 19.4. The van der Waals surface area contributed by atoms with Crippen molar-refractivity contribution in [2.45, 2.75) is 37.0 Å². The number of alkyl halides is 3. The third-order valence-corrected chi connectivity index (χ3v) is 3.72. The number of rotatable bonds is 11. The summed E-state index contributed by atoms with van der Waals surface area (Å²) in [5, 5.41) is 0. The summed E-state index contributed by atoms with van der Waals surface area (Å²) in [4.78, 5) is 11.7. The van der Waals surface area contributed by atoms with Crippen molar-refractivity contribution >= 4 is 21.5 Å². The van der Waals surface area contributed by atoms with Crippen LogP contribution in [0.15, 0.2) is 11.5 Å². The number of hydrogen-bond acceptors (Lipinski definition) is 5. The van der Waals surface area contributed by atoms with E-state index in [1.54, 1.807) is 13.8 Å². The fourth-order valence-corrected chi connectivity index (χ4v) is 2.22.